The molecule has 4 aromatic rings. The summed E-state index contributed by atoms with van der Waals surface area (Å²) in [5.74, 6) is 0.514. The zero-order valence-corrected chi connectivity index (χ0v) is 22.3. The molecule has 0 aliphatic carbocycles. The van der Waals surface area contributed by atoms with Crippen LogP contribution < -0.4 is 25.4 Å². The van der Waals surface area contributed by atoms with Gasteiger partial charge in [-0.25, -0.2) is 19.2 Å². The van der Waals surface area contributed by atoms with E-state index in [-0.39, 0.29) is 12.4 Å². The van der Waals surface area contributed by atoms with Crippen molar-refractivity contribution in [3.63, 3.8) is 0 Å². The molecule has 1 saturated heterocycles. The number of halogens is 2. The zero-order chi connectivity index (χ0) is 28.2. The maximum absolute atomic E-state index is 13.4. The molecule has 10 nitrogen and oxygen atoms in total. The summed E-state index contributed by atoms with van der Waals surface area (Å²) in [7, 11) is 0. The number of fused-ring (bicyclic) bond motifs is 1. The van der Waals surface area contributed by atoms with Crippen LogP contribution in [0.25, 0.3) is 10.9 Å². The summed E-state index contributed by atoms with van der Waals surface area (Å²) >= 11 is 6.46. The molecule has 12 heteroatoms. The molecule has 3 aromatic carbocycles. The summed E-state index contributed by atoms with van der Waals surface area (Å²) in [5, 5.41) is 9.49. The molecule has 1 aromatic heterocycles. The molecule has 1 aliphatic rings. The predicted molar refractivity (Wildman–Crippen MR) is 148 cm³/mol. The molecular formula is C28H25ClFN5O5. The molecule has 0 bridgehead atoms. The highest BCUT2D eigenvalue weighted by Gasteiger charge is 2.36. The first kappa shape index (κ1) is 26.9. The van der Waals surface area contributed by atoms with E-state index >= 15 is 0 Å². The minimum absolute atomic E-state index is 0.160. The van der Waals surface area contributed by atoms with Crippen molar-refractivity contribution in [3.8, 4) is 11.5 Å². The van der Waals surface area contributed by atoms with Gasteiger partial charge in [0.2, 0.25) is 0 Å². The van der Waals surface area contributed by atoms with Crippen LogP contribution in [0.1, 0.15) is 19.4 Å². The van der Waals surface area contributed by atoms with Gasteiger partial charge < -0.3 is 30.2 Å². The van der Waals surface area contributed by atoms with Crippen LogP contribution in [0.3, 0.4) is 0 Å². The Kier molecular flexibility index (Phi) is 7.83. The first-order chi connectivity index (χ1) is 19.3. The summed E-state index contributed by atoms with van der Waals surface area (Å²) < 4.78 is 30.0. The van der Waals surface area contributed by atoms with Gasteiger partial charge in [0.25, 0.3) is 5.91 Å². The Morgan fingerprint density at radius 3 is 2.70 bits per heavy atom. The molecule has 0 spiro atoms. The van der Waals surface area contributed by atoms with E-state index in [1.165, 1.54) is 18.5 Å². The van der Waals surface area contributed by atoms with Crippen molar-refractivity contribution in [3.05, 3.63) is 77.3 Å². The molecule has 2 atom stereocenters. The van der Waals surface area contributed by atoms with Gasteiger partial charge in [-0.2, -0.15) is 0 Å². The molecule has 3 N–H and O–H groups in total. The lowest BCUT2D eigenvalue weighted by Gasteiger charge is -2.17. The minimum atomic E-state index is -0.855. The maximum atomic E-state index is 13.4. The first-order valence-electron chi connectivity index (χ1n) is 12.4. The van der Waals surface area contributed by atoms with Gasteiger partial charge in [-0.1, -0.05) is 23.7 Å². The third-order valence-electron chi connectivity index (χ3n) is 6.09. The van der Waals surface area contributed by atoms with Crippen LogP contribution in [0, 0.1) is 5.82 Å². The molecule has 2 amide bonds. The van der Waals surface area contributed by atoms with E-state index in [0.717, 1.165) is 0 Å². The lowest BCUT2D eigenvalue weighted by molar-refractivity contribution is -0.118. The number of nitrogens with one attached hydrogen (secondary N) is 3. The van der Waals surface area contributed by atoms with E-state index in [0.29, 0.717) is 56.8 Å². The lowest BCUT2D eigenvalue weighted by Crippen LogP contribution is -2.42. The average molecular weight is 566 g/mol. The largest absolute Gasteiger partial charge is 0.492 e. The SMILES string of the molecule is CCOc1cc2ncnc(Nc3ccc(OCc4cccc(F)c4)c(Cl)c3)c2cc1NC(=O)C1NC(=O)OC1C. The van der Waals surface area contributed by atoms with Gasteiger partial charge in [0.05, 0.1) is 22.8 Å². The van der Waals surface area contributed by atoms with Crippen molar-refractivity contribution >= 4 is 51.7 Å². The number of nitrogens with zero attached hydrogens (tertiary/aromatic N) is 2. The lowest BCUT2D eigenvalue weighted by atomic mass is 10.1. The molecule has 1 fully saturated rings. The minimum Gasteiger partial charge on any atom is -0.492 e. The van der Waals surface area contributed by atoms with Gasteiger partial charge in [0, 0.05) is 17.1 Å². The van der Waals surface area contributed by atoms with Gasteiger partial charge in [-0.15, -0.1) is 0 Å². The Hall–Kier alpha value is -4.64. The van der Waals surface area contributed by atoms with Gasteiger partial charge >= 0.3 is 6.09 Å². The van der Waals surface area contributed by atoms with Crippen LogP contribution in [-0.4, -0.2) is 40.7 Å². The number of carbonyl (C=O) groups is 2. The summed E-state index contributed by atoms with van der Waals surface area (Å²) in [5.41, 5.74) is 2.26. The number of aromatic nitrogens is 2. The van der Waals surface area contributed by atoms with Crippen molar-refractivity contribution in [2.45, 2.75) is 32.6 Å². The number of hydrogen-bond donors (Lipinski definition) is 3. The summed E-state index contributed by atoms with van der Waals surface area (Å²) in [6, 6.07) is 13.8. The van der Waals surface area contributed by atoms with Crippen molar-refractivity contribution in [2.24, 2.45) is 0 Å². The second kappa shape index (κ2) is 11.6. The second-order valence-corrected chi connectivity index (χ2v) is 9.34. The van der Waals surface area contributed by atoms with Crippen LogP contribution in [0.4, 0.5) is 26.4 Å². The van der Waals surface area contributed by atoms with Crippen LogP contribution in [-0.2, 0) is 16.1 Å². The number of benzene rings is 3. The Bertz CT molecular complexity index is 1590. The zero-order valence-electron chi connectivity index (χ0n) is 21.5. The molecule has 206 valence electrons. The van der Waals surface area contributed by atoms with E-state index in [1.807, 2.05) is 6.92 Å². The monoisotopic (exact) mass is 565 g/mol. The standard InChI is InChI=1S/C28H25ClFN5O5/c1-3-38-24-12-21-19(11-22(24)34-27(36)25-15(2)40-28(37)35-25)26(32-14-31-21)33-18-7-8-23(20(29)10-18)39-13-16-5-4-6-17(30)9-16/h4-12,14-15,25H,3,13H2,1-2H3,(H,34,36)(H,35,37)(H,31,32,33). The quantitative estimate of drug-likeness (QED) is 0.240. The third kappa shape index (κ3) is 5.99. The van der Waals surface area contributed by atoms with Crippen molar-refractivity contribution < 1.29 is 28.2 Å². The van der Waals surface area contributed by atoms with E-state index in [9.17, 15) is 14.0 Å². The summed E-state index contributed by atoms with van der Waals surface area (Å²) in [6.45, 7) is 3.97. The molecule has 40 heavy (non-hydrogen) atoms. The third-order valence-corrected chi connectivity index (χ3v) is 6.39. The van der Waals surface area contributed by atoms with Crippen molar-refractivity contribution in [1.29, 1.82) is 0 Å². The fourth-order valence-corrected chi connectivity index (χ4v) is 4.42. The highest BCUT2D eigenvalue weighted by Crippen LogP contribution is 2.35. The Morgan fingerprint density at radius 1 is 1.12 bits per heavy atom. The number of anilines is 3. The Labute approximate surface area is 233 Å². The molecule has 2 unspecified atom stereocenters. The fraction of sp³-hybridized carbons (Fsp3) is 0.214. The van der Waals surface area contributed by atoms with Gasteiger partial charge in [-0.05, 0) is 55.8 Å². The highest BCUT2D eigenvalue weighted by molar-refractivity contribution is 6.32. The Balaban J connectivity index is 1.38. The summed E-state index contributed by atoms with van der Waals surface area (Å²) in [4.78, 5) is 33.2. The first-order valence-corrected chi connectivity index (χ1v) is 12.8. The van der Waals surface area contributed by atoms with E-state index < -0.39 is 24.1 Å². The predicted octanol–water partition coefficient (Wildman–Crippen LogP) is 5.58. The van der Waals surface area contributed by atoms with Crippen molar-refractivity contribution in [1.82, 2.24) is 15.3 Å². The maximum Gasteiger partial charge on any atom is 0.408 e. The number of cyclic esters (lactones) is 1. The van der Waals surface area contributed by atoms with E-state index in [4.69, 9.17) is 25.8 Å². The number of rotatable bonds is 9. The fourth-order valence-electron chi connectivity index (χ4n) is 4.18. The van der Waals surface area contributed by atoms with Crippen LogP contribution >= 0.6 is 11.6 Å². The van der Waals surface area contributed by atoms with Gasteiger partial charge in [0.15, 0.2) is 0 Å². The topological polar surface area (TPSA) is 124 Å². The van der Waals surface area contributed by atoms with Crippen LogP contribution in [0.5, 0.6) is 11.5 Å². The number of carbonyl (C=O) groups excluding carboxylic acids is 2. The summed E-state index contributed by atoms with van der Waals surface area (Å²) in [6.07, 6.45) is 0.124. The molecule has 0 radical (unpaired) electrons. The molecule has 5 rings (SSSR count). The number of alkyl carbamates (subject to hydrolysis) is 1. The normalized spacial score (nSPS) is 16.2. The number of hydrogen-bond acceptors (Lipinski definition) is 8. The number of amides is 2. The van der Waals surface area contributed by atoms with Gasteiger partial charge in [0.1, 0.15) is 48.2 Å². The van der Waals surface area contributed by atoms with E-state index in [1.54, 1.807) is 49.4 Å². The highest BCUT2D eigenvalue weighted by atomic mass is 35.5. The van der Waals surface area contributed by atoms with Crippen LogP contribution in [0.2, 0.25) is 5.02 Å². The molecular weight excluding hydrogens is 541 g/mol. The van der Waals surface area contributed by atoms with Crippen LogP contribution in [0.15, 0.2) is 60.9 Å². The van der Waals surface area contributed by atoms with Gasteiger partial charge in [-0.3, -0.25) is 4.79 Å². The molecule has 0 saturated carbocycles. The molecule has 1 aliphatic heterocycles. The smallest absolute Gasteiger partial charge is 0.408 e. The van der Waals surface area contributed by atoms with Crippen molar-refractivity contribution in [2.75, 3.05) is 17.2 Å². The second-order valence-electron chi connectivity index (χ2n) is 8.93. The molecule has 2 heterocycles. The average Bonchev–Trinajstić information content (AvgIpc) is 3.27. The number of ether oxygens (including phenoxy) is 3. The van der Waals surface area contributed by atoms with E-state index in [2.05, 4.69) is 25.9 Å². The Morgan fingerprint density at radius 2 is 1.98 bits per heavy atom.